The van der Waals surface area contributed by atoms with Crippen LogP contribution in [-0.4, -0.2) is 40.3 Å². The van der Waals surface area contributed by atoms with E-state index < -0.39 is 0 Å². The van der Waals surface area contributed by atoms with Crippen molar-refractivity contribution in [2.45, 2.75) is 19.8 Å². The largest absolute Gasteiger partial charge is 0.467 e. The van der Waals surface area contributed by atoms with Crippen LogP contribution in [0.3, 0.4) is 0 Å². The van der Waals surface area contributed by atoms with Gasteiger partial charge in [-0.2, -0.15) is 15.0 Å². The van der Waals surface area contributed by atoms with Gasteiger partial charge in [-0.05, 0) is 30.4 Å². The summed E-state index contributed by atoms with van der Waals surface area (Å²) < 4.78 is 4.88. The molecule has 1 rings (SSSR count). The highest BCUT2D eigenvalue weighted by molar-refractivity contribution is 6.28. The molecule has 1 aromatic rings. The molecule has 0 aliphatic carbocycles. The van der Waals surface area contributed by atoms with Crippen molar-refractivity contribution >= 4 is 17.5 Å². The van der Waals surface area contributed by atoms with E-state index in [1.807, 2.05) is 6.92 Å². The molecule has 0 saturated carbocycles. The van der Waals surface area contributed by atoms with Crippen molar-refractivity contribution in [1.29, 1.82) is 0 Å². The monoisotopic (exact) mass is 260 g/mol. The Kier molecular flexibility index (Phi) is 5.93. The number of methoxy groups -OCH3 is 1. The molecule has 0 aromatic carbocycles. The number of halogens is 1. The molecule has 1 aromatic heterocycles. The van der Waals surface area contributed by atoms with E-state index in [1.165, 1.54) is 7.11 Å². The number of hydrogen-bond donors (Lipinski definition) is 2. The molecule has 1 atom stereocenters. The topological polar surface area (TPSA) is 80.2 Å². The predicted octanol–water partition coefficient (Wildman–Crippen LogP) is 1.35. The van der Waals surface area contributed by atoms with E-state index in [0.29, 0.717) is 18.4 Å². The number of rotatable bonds is 7. The van der Waals surface area contributed by atoms with Crippen molar-refractivity contribution in [1.82, 2.24) is 15.0 Å². The first-order valence-corrected chi connectivity index (χ1v) is 5.83. The van der Waals surface area contributed by atoms with E-state index in [-0.39, 0.29) is 17.9 Å². The lowest BCUT2D eigenvalue weighted by Gasteiger charge is -2.08. The molecule has 6 nitrogen and oxygen atoms in total. The van der Waals surface area contributed by atoms with Crippen LogP contribution < -0.4 is 10.1 Å². The summed E-state index contributed by atoms with van der Waals surface area (Å²) in [6.45, 7) is 2.93. The number of nitrogens with zero attached hydrogens (tertiary/aromatic N) is 3. The van der Waals surface area contributed by atoms with E-state index in [0.717, 1.165) is 12.8 Å². The van der Waals surface area contributed by atoms with Crippen LogP contribution in [0.15, 0.2) is 0 Å². The Morgan fingerprint density at radius 1 is 1.41 bits per heavy atom. The van der Waals surface area contributed by atoms with Gasteiger partial charge in [0.1, 0.15) is 0 Å². The standard InChI is InChI=1S/C10H17ClN4O2/c1-7(6-16)4-3-5-12-9-13-8(11)14-10(15-9)17-2/h7,16H,3-6H2,1-2H3,(H,12,13,14,15). The summed E-state index contributed by atoms with van der Waals surface area (Å²) in [6, 6.07) is 0.191. The molecule has 0 bridgehead atoms. The van der Waals surface area contributed by atoms with Gasteiger partial charge in [0, 0.05) is 13.2 Å². The van der Waals surface area contributed by atoms with Gasteiger partial charge in [0.05, 0.1) is 7.11 Å². The molecule has 0 amide bonds. The lowest BCUT2D eigenvalue weighted by atomic mass is 10.1. The highest BCUT2D eigenvalue weighted by atomic mass is 35.5. The SMILES string of the molecule is COc1nc(Cl)nc(NCCCC(C)CO)n1. The first-order valence-electron chi connectivity index (χ1n) is 5.46. The minimum atomic E-state index is 0.100. The van der Waals surface area contributed by atoms with Crippen LogP contribution in [0.5, 0.6) is 6.01 Å². The second-order valence-corrected chi connectivity index (χ2v) is 4.11. The third-order valence-electron chi connectivity index (χ3n) is 2.24. The lowest BCUT2D eigenvalue weighted by Crippen LogP contribution is -2.09. The third kappa shape index (κ3) is 5.14. The normalized spacial score (nSPS) is 12.2. The van der Waals surface area contributed by atoms with Gasteiger partial charge in [0.15, 0.2) is 0 Å². The molecule has 0 aliphatic rings. The molecule has 2 N–H and O–H groups in total. The van der Waals surface area contributed by atoms with E-state index in [2.05, 4.69) is 20.3 Å². The summed E-state index contributed by atoms with van der Waals surface area (Å²) in [5, 5.41) is 12.0. The first kappa shape index (κ1) is 13.9. The number of ether oxygens (including phenoxy) is 1. The fourth-order valence-corrected chi connectivity index (χ4v) is 1.40. The number of aliphatic hydroxyl groups is 1. The van der Waals surface area contributed by atoms with E-state index in [1.54, 1.807) is 0 Å². The molecule has 0 fully saturated rings. The van der Waals surface area contributed by atoms with Gasteiger partial charge in [-0.3, -0.25) is 0 Å². The number of hydrogen-bond acceptors (Lipinski definition) is 6. The highest BCUT2D eigenvalue weighted by Crippen LogP contribution is 2.11. The quantitative estimate of drug-likeness (QED) is 0.721. The Hall–Kier alpha value is -1.14. The van der Waals surface area contributed by atoms with Gasteiger partial charge in [0.2, 0.25) is 11.2 Å². The molecular weight excluding hydrogens is 244 g/mol. The van der Waals surface area contributed by atoms with Crippen LogP contribution in [0.4, 0.5) is 5.95 Å². The number of anilines is 1. The van der Waals surface area contributed by atoms with Gasteiger partial charge < -0.3 is 15.2 Å². The highest BCUT2D eigenvalue weighted by Gasteiger charge is 2.04. The lowest BCUT2D eigenvalue weighted by molar-refractivity contribution is 0.229. The van der Waals surface area contributed by atoms with Crippen LogP contribution in [0.1, 0.15) is 19.8 Å². The number of aliphatic hydroxyl groups excluding tert-OH is 1. The maximum atomic E-state index is 8.87. The second-order valence-electron chi connectivity index (χ2n) is 3.77. The van der Waals surface area contributed by atoms with Crippen LogP contribution in [0.25, 0.3) is 0 Å². The Bertz CT molecular complexity index is 351. The summed E-state index contributed by atoms with van der Waals surface area (Å²) in [5.74, 6) is 0.715. The fourth-order valence-electron chi connectivity index (χ4n) is 1.24. The van der Waals surface area contributed by atoms with Crippen LogP contribution in [0, 0.1) is 5.92 Å². The van der Waals surface area contributed by atoms with Crippen molar-refractivity contribution in [3.63, 3.8) is 0 Å². The summed E-state index contributed by atoms with van der Waals surface area (Å²) in [5.41, 5.74) is 0. The molecule has 7 heteroatoms. The van der Waals surface area contributed by atoms with Gasteiger partial charge in [-0.25, -0.2) is 0 Å². The molecule has 0 spiro atoms. The average Bonchev–Trinajstić information content (AvgIpc) is 2.33. The van der Waals surface area contributed by atoms with Gasteiger partial charge in [-0.15, -0.1) is 0 Å². The number of nitrogens with one attached hydrogen (secondary N) is 1. The van der Waals surface area contributed by atoms with Gasteiger partial charge in [-0.1, -0.05) is 6.92 Å². The van der Waals surface area contributed by atoms with E-state index >= 15 is 0 Å². The summed E-state index contributed by atoms with van der Waals surface area (Å²) in [4.78, 5) is 11.7. The summed E-state index contributed by atoms with van der Waals surface area (Å²) >= 11 is 5.70. The molecule has 1 heterocycles. The van der Waals surface area contributed by atoms with Crippen molar-refractivity contribution in [3.05, 3.63) is 5.28 Å². The van der Waals surface area contributed by atoms with Gasteiger partial charge in [0.25, 0.3) is 0 Å². The molecule has 0 saturated heterocycles. The van der Waals surface area contributed by atoms with Crippen molar-refractivity contribution in [2.24, 2.45) is 5.92 Å². The molecule has 96 valence electrons. The summed E-state index contributed by atoms with van der Waals surface area (Å²) in [7, 11) is 1.47. The smallest absolute Gasteiger partial charge is 0.322 e. The second kappa shape index (κ2) is 7.24. The Morgan fingerprint density at radius 2 is 2.18 bits per heavy atom. The maximum Gasteiger partial charge on any atom is 0.322 e. The molecule has 0 aliphatic heterocycles. The molecule has 17 heavy (non-hydrogen) atoms. The Balaban J connectivity index is 2.38. The summed E-state index contributed by atoms with van der Waals surface area (Å²) in [6.07, 6.45) is 1.87. The van der Waals surface area contributed by atoms with Gasteiger partial charge >= 0.3 is 6.01 Å². The van der Waals surface area contributed by atoms with Crippen molar-refractivity contribution < 1.29 is 9.84 Å². The van der Waals surface area contributed by atoms with Crippen LogP contribution in [0.2, 0.25) is 5.28 Å². The van der Waals surface area contributed by atoms with E-state index in [4.69, 9.17) is 21.4 Å². The van der Waals surface area contributed by atoms with Crippen LogP contribution >= 0.6 is 11.6 Å². The maximum absolute atomic E-state index is 8.87. The minimum absolute atomic E-state index is 0.100. The zero-order chi connectivity index (χ0) is 12.7. The molecular formula is C10H17ClN4O2. The fraction of sp³-hybridized carbons (Fsp3) is 0.700. The number of aromatic nitrogens is 3. The predicted molar refractivity (Wildman–Crippen MR) is 65.4 cm³/mol. The Morgan fingerprint density at radius 3 is 2.82 bits per heavy atom. The van der Waals surface area contributed by atoms with Crippen molar-refractivity contribution in [3.8, 4) is 6.01 Å². The zero-order valence-electron chi connectivity index (χ0n) is 9.98. The minimum Gasteiger partial charge on any atom is -0.467 e. The van der Waals surface area contributed by atoms with Crippen molar-refractivity contribution in [2.75, 3.05) is 25.6 Å². The third-order valence-corrected chi connectivity index (χ3v) is 2.41. The average molecular weight is 261 g/mol. The molecule has 0 radical (unpaired) electrons. The van der Waals surface area contributed by atoms with E-state index in [9.17, 15) is 0 Å². The first-order chi connectivity index (χ1) is 8.15. The Labute approximate surface area is 105 Å². The zero-order valence-corrected chi connectivity index (χ0v) is 10.7. The van der Waals surface area contributed by atoms with Crippen LogP contribution in [-0.2, 0) is 0 Å². The molecule has 1 unspecified atom stereocenters.